The molecule has 0 aliphatic carbocycles. The molecule has 0 amide bonds. The standard InChI is InChI=1S/C18H13Cl2F3N2O/c1-2-5-15-24-16-11(8-10(19)9-13(16)20)17(26)25(15)14-7-4-3-6-12(14)18(21,22)23/h3-4,6-9H,2,5H2,1H3. The Bertz CT molecular complexity index is 1050. The van der Waals surface area contributed by atoms with E-state index >= 15 is 0 Å². The van der Waals surface area contributed by atoms with Gasteiger partial charge < -0.3 is 0 Å². The van der Waals surface area contributed by atoms with Crippen LogP contribution in [0.25, 0.3) is 16.6 Å². The summed E-state index contributed by atoms with van der Waals surface area (Å²) in [7, 11) is 0. The maximum absolute atomic E-state index is 13.4. The Kier molecular flexibility index (Phi) is 4.99. The van der Waals surface area contributed by atoms with E-state index in [2.05, 4.69) is 4.98 Å². The number of rotatable bonds is 3. The van der Waals surface area contributed by atoms with Gasteiger partial charge in [-0.15, -0.1) is 0 Å². The van der Waals surface area contributed by atoms with Gasteiger partial charge in [0.2, 0.25) is 0 Å². The fourth-order valence-corrected chi connectivity index (χ4v) is 3.34. The summed E-state index contributed by atoms with van der Waals surface area (Å²) in [6, 6.07) is 7.72. The van der Waals surface area contributed by atoms with Gasteiger partial charge in [0, 0.05) is 11.4 Å². The van der Waals surface area contributed by atoms with Crippen molar-refractivity contribution in [1.29, 1.82) is 0 Å². The van der Waals surface area contributed by atoms with Gasteiger partial charge in [-0.1, -0.05) is 42.3 Å². The Morgan fingerprint density at radius 1 is 1.15 bits per heavy atom. The van der Waals surface area contributed by atoms with E-state index in [1.54, 1.807) is 0 Å². The van der Waals surface area contributed by atoms with Crippen molar-refractivity contribution in [3.63, 3.8) is 0 Å². The highest BCUT2D eigenvalue weighted by Gasteiger charge is 2.34. The van der Waals surface area contributed by atoms with Gasteiger partial charge in [0.05, 0.1) is 27.2 Å². The molecule has 136 valence electrons. The van der Waals surface area contributed by atoms with Crippen molar-refractivity contribution in [3.8, 4) is 5.69 Å². The second-order valence-electron chi connectivity index (χ2n) is 5.72. The molecule has 0 aliphatic heterocycles. The van der Waals surface area contributed by atoms with E-state index in [0.29, 0.717) is 12.8 Å². The molecule has 0 spiro atoms. The lowest BCUT2D eigenvalue weighted by atomic mass is 10.1. The van der Waals surface area contributed by atoms with Crippen LogP contribution in [-0.4, -0.2) is 9.55 Å². The molecule has 3 aromatic rings. The lowest BCUT2D eigenvalue weighted by molar-refractivity contribution is -0.137. The van der Waals surface area contributed by atoms with Crippen LogP contribution in [-0.2, 0) is 12.6 Å². The van der Waals surface area contributed by atoms with E-state index in [0.717, 1.165) is 10.6 Å². The monoisotopic (exact) mass is 400 g/mol. The number of halogens is 5. The Labute approximate surface area is 157 Å². The molecule has 26 heavy (non-hydrogen) atoms. The van der Waals surface area contributed by atoms with Crippen molar-refractivity contribution in [2.75, 3.05) is 0 Å². The number of aryl methyl sites for hydroxylation is 1. The van der Waals surface area contributed by atoms with E-state index in [4.69, 9.17) is 23.2 Å². The summed E-state index contributed by atoms with van der Waals surface area (Å²) in [4.78, 5) is 17.4. The lowest BCUT2D eigenvalue weighted by Crippen LogP contribution is -2.26. The van der Waals surface area contributed by atoms with Crippen molar-refractivity contribution < 1.29 is 13.2 Å². The van der Waals surface area contributed by atoms with Crippen molar-refractivity contribution in [1.82, 2.24) is 9.55 Å². The molecule has 8 heteroatoms. The molecule has 0 aliphatic rings. The molecular formula is C18H13Cl2F3N2O. The summed E-state index contributed by atoms with van der Waals surface area (Å²) < 4.78 is 41.3. The topological polar surface area (TPSA) is 34.9 Å². The predicted octanol–water partition coefficient (Wildman–Crippen LogP) is 5.66. The minimum Gasteiger partial charge on any atom is -0.268 e. The van der Waals surface area contributed by atoms with Crippen molar-refractivity contribution in [3.05, 3.63) is 68.2 Å². The van der Waals surface area contributed by atoms with Crippen LogP contribution in [0.3, 0.4) is 0 Å². The van der Waals surface area contributed by atoms with Crippen LogP contribution >= 0.6 is 23.2 Å². The normalized spacial score (nSPS) is 11.9. The van der Waals surface area contributed by atoms with E-state index < -0.39 is 17.3 Å². The van der Waals surface area contributed by atoms with Crippen molar-refractivity contribution >= 4 is 34.1 Å². The number of aromatic nitrogens is 2. The third kappa shape index (κ3) is 3.31. The molecule has 0 bridgehead atoms. The van der Waals surface area contributed by atoms with E-state index in [1.807, 2.05) is 6.92 Å². The first-order chi connectivity index (χ1) is 12.2. The zero-order valence-electron chi connectivity index (χ0n) is 13.6. The highest BCUT2D eigenvalue weighted by molar-refractivity contribution is 6.38. The molecule has 3 nitrogen and oxygen atoms in total. The molecular weight excluding hydrogens is 388 g/mol. The highest BCUT2D eigenvalue weighted by Crippen LogP contribution is 2.34. The van der Waals surface area contributed by atoms with E-state index in [9.17, 15) is 18.0 Å². The molecule has 1 heterocycles. The van der Waals surface area contributed by atoms with E-state index in [-0.39, 0.29) is 32.5 Å². The number of benzene rings is 2. The fraction of sp³-hybridized carbons (Fsp3) is 0.222. The molecule has 1 aromatic heterocycles. The molecule has 2 aromatic carbocycles. The average molecular weight is 401 g/mol. The number of hydrogen-bond acceptors (Lipinski definition) is 2. The zero-order chi connectivity index (χ0) is 19.1. The third-order valence-electron chi connectivity index (χ3n) is 3.88. The minimum atomic E-state index is -4.61. The van der Waals surface area contributed by atoms with Crippen LogP contribution in [0.2, 0.25) is 10.0 Å². The summed E-state index contributed by atoms with van der Waals surface area (Å²) in [6.45, 7) is 1.85. The van der Waals surface area contributed by atoms with Gasteiger partial charge in [0.25, 0.3) is 5.56 Å². The van der Waals surface area contributed by atoms with Crippen LogP contribution < -0.4 is 5.56 Å². The second kappa shape index (κ2) is 6.93. The largest absolute Gasteiger partial charge is 0.418 e. The maximum atomic E-state index is 13.4. The quantitative estimate of drug-likeness (QED) is 0.568. The van der Waals surface area contributed by atoms with Gasteiger partial charge in [-0.3, -0.25) is 9.36 Å². The molecule has 0 saturated heterocycles. The molecule has 3 rings (SSSR count). The molecule has 0 N–H and O–H groups in total. The maximum Gasteiger partial charge on any atom is 0.418 e. The molecule has 0 radical (unpaired) electrons. The Hall–Kier alpha value is -2.05. The van der Waals surface area contributed by atoms with Crippen molar-refractivity contribution in [2.24, 2.45) is 0 Å². The Morgan fingerprint density at radius 2 is 1.85 bits per heavy atom. The summed E-state index contributed by atoms with van der Waals surface area (Å²) >= 11 is 12.1. The third-order valence-corrected chi connectivity index (χ3v) is 4.39. The first-order valence-electron chi connectivity index (χ1n) is 7.81. The number of fused-ring (bicyclic) bond motifs is 1. The van der Waals surface area contributed by atoms with Gasteiger partial charge >= 0.3 is 6.18 Å². The smallest absolute Gasteiger partial charge is 0.268 e. The average Bonchev–Trinajstić information content (AvgIpc) is 2.56. The summed E-state index contributed by atoms with van der Waals surface area (Å²) in [5, 5.41) is 0.456. The first-order valence-corrected chi connectivity index (χ1v) is 8.57. The number of para-hydroxylation sites is 1. The van der Waals surface area contributed by atoms with Gasteiger partial charge in [-0.05, 0) is 30.7 Å². The molecule has 0 saturated carbocycles. The Balaban J connectivity index is 2.45. The molecule has 0 unspecified atom stereocenters. The predicted molar refractivity (Wildman–Crippen MR) is 96.4 cm³/mol. The number of alkyl halides is 3. The SMILES string of the molecule is CCCc1nc2c(Cl)cc(Cl)cc2c(=O)n1-c1ccccc1C(F)(F)F. The van der Waals surface area contributed by atoms with Crippen LogP contribution in [0, 0.1) is 0 Å². The highest BCUT2D eigenvalue weighted by atomic mass is 35.5. The van der Waals surface area contributed by atoms with Gasteiger partial charge in [0.1, 0.15) is 5.82 Å². The van der Waals surface area contributed by atoms with Gasteiger partial charge in [-0.2, -0.15) is 13.2 Å². The summed E-state index contributed by atoms with van der Waals surface area (Å²) in [6.07, 6.45) is -3.70. The van der Waals surface area contributed by atoms with E-state index in [1.165, 1.54) is 30.3 Å². The first kappa shape index (κ1) is 18.7. The Morgan fingerprint density at radius 3 is 2.50 bits per heavy atom. The molecule has 0 atom stereocenters. The van der Waals surface area contributed by atoms with Crippen LogP contribution in [0.1, 0.15) is 24.7 Å². The van der Waals surface area contributed by atoms with Crippen LogP contribution in [0.5, 0.6) is 0 Å². The number of nitrogens with zero attached hydrogens (tertiary/aromatic N) is 2. The van der Waals surface area contributed by atoms with Crippen LogP contribution in [0.4, 0.5) is 13.2 Å². The minimum absolute atomic E-state index is 0.0688. The fourth-order valence-electron chi connectivity index (χ4n) is 2.81. The lowest BCUT2D eigenvalue weighted by Gasteiger charge is -2.18. The van der Waals surface area contributed by atoms with Gasteiger partial charge in [-0.25, -0.2) is 4.98 Å². The molecule has 0 fully saturated rings. The zero-order valence-corrected chi connectivity index (χ0v) is 15.1. The summed E-state index contributed by atoms with van der Waals surface area (Å²) in [5.41, 5.74) is -1.59. The second-order valence-corrected chi connectivity index (χ2v) is 6.56. The number of hydrogen-bond donors (Lipinski definition) is 0. The summed E-state index contributed by atoms with van der Waals surface area (Å²) in [5.74, 6) is 0.214. The van der Waals surface area contributed by atoms with Gasteiger partial charge in [0.15, 0.2) is 0 Å². The van der Waals surface area contributed by atoms with Crippen LogP contribution in [0.15, 0.2) is 41.2 Å². The van der Waals surface area contributed by atoms with Crippen molar-refractivity contribution in [2.45, 2.75) is 25.9 Å².